The second-order valence-corrected chi connectivity index (χ2v) is 16.2. The molecule has 0 radical (unpaired) electrons. The Morgan fingerprint density at radius 3 is 2.17 bits per heavy atom. The predicted octanol–water partition coefficient (Wildman–Crippen LogP) is 4.09. The molecule has 3 fully saturated rings. The molecule has 0 bridgehead atoms. The number of hydrogen-bond acceptors (Lipinski definition) is 9. The first-order valence-corrected chi connectivity index (χ1v) is 19.9. The Hall–Kier alpha value is -1.73. The number of carbonyl (C=O) groups excluding carboxylic acids is 4. The minimum atomic E-state index is -1.08. The Morgan fingerprint density at radius 1 is 0.958 bits per heavy atom. The summed E-state index contributed by atoms with van der Waals surface area (Å²) >= 11 is 1.74. The number of Topliss-reactive ketones (excluding diaryl/α,β-unsaturated/α-hetero) is 1. The van der Waals surface area contributed by atoms with E-state index >= 15 is 0 Å². The number of hydrogen-bond donors (Lipinski definition) is 5. The summed E-state index contributed by atoms with van der Waals surface area (Å²) in [5.41, 5.74) is -0.233. The van der Waals surface area contributed by atoms with Crippen LogP contribution >= 0.6 is 11.9 Å². The van der Waals surface area contributed by atoms with Crippen molar-refractivity contribution in [1.82, 2.24) is 30.5 Å². The zero-order valence-electron chi connectivity index (χ0n) is 30.5. The molecule has 5 N–H and O–H groups in total. The van der Waals surface area contributed by atoms with Crippen molar-refractivity contribution >= 4 is 35.5 Å². The highest BCUT2D eigenvalue weighted by Crippen LogP contribution is 2.34. The molecule has 3 rings (SSSR count). The van der Waals surface area contributed by atoms with E-state index in [1.165, 1.54) is 6.42 Å². The van der Waals surface area contributed by atoms with Crippen LogP contribution in [0.5, 0.6) is 0 Å². The van der Waals surface area contributed by atoms with E-state index in [4.69, 9.17) is 0 Å². The van der Waals surface area contributed by atoms with Gasteiger partial charge in [-0.2, -0.15) is 0 Å². The Balaban J connectivity index is 1.86. The number of aliphatic hydroxyl groups is 1. The molecule has 1 aliphatic carbocycles. The predicted molar refractivity (Wildman–Crippen MR) is 193 cm³/mol. The van der Waals surface area contributed by atoms with Crippen LogP contribution in [0.2, 0.25) is 0 Å². The van der Waals surface area contributed by atoms with Crippen LogP contribution in [0.4, 0.5) is 0 Å². The summed E-state index contributed by atoms with van der Waals surface area (Å²) in [7, 11) is 4.06. The van der Waals surface area contributed by atoms with Crippen molar-refractivity contribution in [2.45, 2.75) is 160 Å². The molecule has 0 aromatic heterocycles. The number of fused-ring (bicyclic) bond motifs is 1. The van der Waals surface area contributed by atoms with Crippen molar-refractivity contribution in [2.24, 2.45) is 11.8 Å². The van der Waals surface area contributed by atoms with Gasteiger partial charge in [0.05, 0.1) is 12.1 Å². The highest BCUT2D eigenvalue weighted by Gasteiger charge is 2.46. The van der Waals surface area contributed by atoms with Crippen molar-refractivity contribution in [1.29, 1.82) is 0 Å². The van der Waals surface area contributed by atoms with E-state index < -0.39 is 36.2 Å². The van der Waals surface area contributed by atoms with Crippen LogP contribution in [0.3, 0.4) is 0 Å². The molecular weight excluding hydrogens is 628 g/mol. The molecule has 3 amide bonds. The Labute approximate surface area is 294 Å². The van der Waals surface area contributed by atoms with E-state index in [0.29, 0.717) is 38.8 Å². The average Bonchev–Trinajstić information content (AvgIpc) is 3.51. The van der Waals surface area contributed by atoms with Gasteiger partial charge in [-0.1, -0.05) is 103 Å². The van der Waals surface area contributed by atoms with E-state index in [2.05, 4.69) is 39.4 Å². The van der Waals surface area contributed by atoms with E-state index in [1.54, 1.807) is 16.8 Å². The molecule has 5 atom stereocenters. The maximum Gasteiger partial charge on any atom is 0.289 e. The molecule has 0 spiro atoms. The normalized spacial score (nSPS) is 27.3. The zero-order chi connectivity index (χ0) is 35.1. The molecule has 2 unspecified atom stereocenters. The maximum absolute atomic E-state index is 14.5. The van der Waals surface area contributed by atoms with Crippen LogP contribution in [0.1, 0.15) is 130 Å². The lowest BCUT2D eigenvalue weighted by Gasteiger charge is -2.41. The van der Waals surface area contributed by atoms with Crippen LogP contribution in [0, 0.1) is 11.8 Å². The first-order chi connectivity index (χ1) is 23.0. The molecular formula is C36H66N6O5S. The number of carbonyl (C=O) groups is 4. The summed E-state index contributed by atoms with van der Waals surface area (Å²) < 4.78 is 2.09. The molecule has 1 saturated carbocycles. The van der Waals surface area contributed by atoms with Crippen LogP contribution < -0.4 is 21.3 Å². The molecule has 0 aromatic rings. The van der Waals surface area contributed by atoms with Crippen molar-refractivity contribution in [2.75, 3.05) is 32.9 Å². The molecule has 0 aromatic carbocycles. The van der Waals surface area contributed by atoms with Gasteiger partial charge in [-0.3, -0.25) is 34.1 Å². The number of nitrogens with zero attached hydrogens (tertiary/aromatic N) is 2. The first kappa shape index (κ1) is 40.7. The molecule has 11 nitrogen and oxygen atoms in total. The number of ketones is 1. The van der Waals surface area contributed by atoms with Gasteiger partial charge in [0.25, 0.3) is 5.91 Å². The standard InChI is InChI=1S/C36H66N6O5S/c1-6-23-37-33(45)31(43)28-18-14-11-9-7-8-10-12-15-19-29(34(46)42-24-20-27(26(2)3)30(42)32(44)38-28)39-35(47)40-36(25-48-41(4)5)21-16-13-17-22-36/h26-30,35,39-40,47H,6-25H2,1-5H3,(H,37,45)(H,38,44)/t27-,28+,29+,30?,35?/m1/s1. The summed E-state index contributed by atoms with van der Waals surface area (Å²) in [6.07, 6.45) is 14.4. The number of rotatable bonds is 12. The van der Waals surface area contributed by atoms with E-state index in [-0.39, 0.29) is 29.2 Å². The van der Waals surface area contributed by atoms with Crippen molar-refractivity contribution in [3.05, 3.63) is 0 Å². The fraction of sp³-hybridized carbons (Fsp3) is 0.889. The molecule has 3 aliphatic rings. The second-order valence-electron chi connectivity index (χ2n) is 15.0. The summed E-state index contributed by atoms with van der Waals surface area (Å²) in [4.78, 5) is 56.3. The van der Waals surface area contributed by atoms with E-state index in [0.717, 1.165) is 82.8 Å². The highest BCUT2D eigenvalue weighted by atomic mass is 32.2. The van der Waals surface area contributed by atoms with Crippen molar-refractivity contribution in [3.8, 4) is 0 Å². The average molecular weight is 695 g/mol. The summed E-state index contributed by atoms with van der Waals surface area (Å²) in [5.74, 6) is -0.968. The molecule has 2 aliphatic heterocycles. The van der Waals surface area contributed by atoms with E-state index in [9.17, 15) is 24.3 Å². The number of amides is 3. The van der Waals surface area contributed by atoms with Crippen molar-refractivity contribution in [3.63, 3.8) is 0 Å². The third-order valence-electron chi connectivity index (χ3n) is 10.5. The van der Waals surface area contributed by atoms with E-state index in [1.807, 2.05) is 21.0 Å². The SMILES string of the molecule is CCCNC(=O)C(=O)[C@@H]1CCCCCCCCCC[C@H](NC(O)NC2(CSN(C)C)CCCCC2)C(=O)N2CC[C@H](C(C)C)C2C(=O)N1. The molecule has 12 heteroatoms. The molecule has 2 saturated heterocycles. The third-order valence-corrected chi connectivity index (χ3v) is 11.7. The van der Waals surface area contributed by atoms with Gasteiger partial charge in [0.15, 0.2) is 6.35 Å². The van der Waals surface area contributed by atoms with Crippen LogP contribution in [-0.4, -0.2) is 101 Å². The lowest BCUT2D eigenvalue weighted by molar-refractivity contribution is -0.144. The topological polar surface area (TPSA) is 143 Å². The van der Waals surface area contributed by atoms with Gasteiger partial charge in [0.2, 0.25) is 17.6 Å². The fourth-order valence-electron chi connectivity index (χ4n) is 7.68. The third kappa shape index (κ3) is 12.5. The van der Waals surface area contributed by atoms with Crippen LogP contribution in [0.25, 0.3) is 0 Å². The van der Waals surface area contributed by atoms with Crippen LogP contribution in [-0.2, 0) is 19.2 Å². The minimum absolute atomic E-state index is 0.0852. The largest absolute Gasteiger partial charge is 0.365 e. The monoisotopic (exact) mass is 694 g/mol. The molecule has 276 valence electrons. The van der Waals surface area contributed by atoms with Gasteiger partial charge in [0.1, 0.15) is 6.04 Å². The van der Waals surface area contributed by atoms with Gasteiger partial charge in [-0.05, 0) is 64.5 Å². The summed E-state index contributed by atoms with van der Waals surface area (Å²) in [5, 5.41) is 23.8. The van der Waals surface area contributed by atoms with Gasteiger partial charge in [0, 0.05) is 24.4 Å². The Kier molecular flexibility index (Phi) is 17.7. The Morgan fingerprint density at radius 2 is 1.56 bits per heavy atom. The highest BCUT2D eigenvalue weighted by molar-refractivity contribution is 7.97. The number of aliphatic hydroxyl groups excluding tert-OH is 1. The second kappa shape index (κ2) is 20.8. The summed E-state index contributed by atoms with van der Waals surface area (Å²) in [6.45, 7) is 6.88. The van der Waals surface area contributed by atoms with Gasteiger partial charge in [-0.15, -0.1) is 0 Å². The van der Waals surface area contributed by atoms with Gasteiger partial charge in [-0.25, -0.2) is 0 Å². The quantitative estimate of drug-likeness (QED) is 0.116. The molecule has 2 heterocycles. The van der Waals surface area contributed by atoms with Crippen molar-refractivity contribution < 1.29 is 24.3 Å². The lowest BCUT2D eigenvalue weighted by atomic mass is 9.83. The first-order valence-electron chi connectivity index (χ1n) is 18.9. The van der Waals surface area contributed by atoms with Crippen LogP contribution in [0.15, 0.2) is 0 Å². The summed E-state index contributed by atoms with van der Waals surface area (Å²) in [6, 6.07) is -2.34. The molecule has 48 heavy (non-hydrogen) atoms. The smallest absolute Gasteiger partial charge is 0.289 e. The number of nitrogens with one attached hydrogen (secondary N) is 4. The minimum Gasteiger partial charge on any atom is -0.365 e. The van der Waals surface area contributed by atoms with Gasteiger partial charge >= 0.3 is 0 Å². The zero-order valence-corrected chi connectivity index (χ0v) is 31.3. The fourth-order valence-corrected chi connectivity index (χ4v) is 8.55. The van der Waals surface area contributed by atoms with Gasteiger partial charge < -0.3 is 20.6 Å². The lowest BCUT2D eigenvalue weighted by Crippen LogP contribution is -2.62. The maximum atomic E-state index is 14.5. The Bertz CT molecular complexity index is 1020.